The second-order valence-electron chi connectivity index (χ2n) is 11.1. The Morgan fingerprint density at radius 2 is 1.93 bits per heavy atom. The van der Waals surface area contributed by atoms with Crippen LogP contribution < -0.4 is 5.73 Å². The van der Waals surface area contributed by atoms with Crippen molar-refractivity contribution in [2.45, 2.75) is 77.9 Å². The second-order valence-corrected chi connectivity index (χ2v) is 11.1. The lowest BCUT2D eigenvalue weighted by Crippen LogP contribution is -2.63. The molecule has 0 bridgehead atoms. The van der Waals surface area contributed by atoms with Crippen molar-refractivity contribution in [1.29, 1.82) is 0 Å². The highest BCUT2D eigenvalue weighted by molar-refractivity contribution is 5.87. The van der Waals surface area contributed by atoms with Crippen LogP contribution in [-0.2, 0) is 14.3 Å². The lowest BCUT2D eigenvalue weighted by atomic mass is 9.42. The van der Waals surface area contributed by atoms with Gasteiger partial charge in [0.1, 0.15) is 11.9 Å². The molecule has 6 nitrogen and oxygen atoms in total. The highest BCUT2D eigenvalue weighted by Crippen LogP contribution is 2.66. The Hall–Kier alpha value is -0.980. The van der Waals surface area contributed by atoms with Crippen LogP contribution in [0.25, 0.3) is 0 Å². The third-order valence-corrected chi connectivity index (χ3v) is 9.86. The Kier molecular flexibility index (Phi) is 5.82. The number of Topliss-reactive ketones (excluding diaryl/α,β-unsaturated/α-hetero) is 1. The molecule has 0 heterocycles. The number of ketones is 1. The molecule has 0 spiro atoms. The fourth-order valence-electron chi connectivity index (χ4n) is 7.91. The van der Waals surface area contributed by atoms with Gasteiger partial charge in [-0.3, -0.25) is 9.59 Å². The van der Waals surface area contributed by atoms with E-state index in [2.05, 4.69) is 13.8 Å². The van der Waals surface area contributed by atoms with E-state index in [-0.39, 0.29) is 65.6 Å². The number of esters is 1. The number of carbonyl (C=O) groups is 2. The van der Waals surface area contributed by atoms with E-state index >= 15 is 0 Å². The SMILES string of the molecule is CC(CN)C(=O)O[C@H]1CC[C@@]2(C)C(C1)[C@@H](CO)[C@@H](O)[C@@H]1[C@@H]2CC[C@]2(C)C(=O)CC[C@@H]12. The summed E-state index contributed by atoms with van der Waals surface area (Å²) in [6.07, 6.45) is 5.00. The van der Waals surface area contributed by atoms with Gasteiger partial charge in [0.15, 0.2) is 0 Å². The number of ether oxygens (including phenoxy) is 1. The Balaban J connectivity index is 1.59. The van der Waals surface area contributed by atoms with E-state index in [1.807, 2.05) is 0 Å². The van der Waals surface area contributed by atoms with Gasteiger partial charge in [-0.1, -0.05) is 20.8 Å². The third-order valence-electron chi connectivity index (χ3n) is 9.86. The average molecular weight is 422 g/mol. The van der Waals surface area contributed by atoms with Crippen LogP contribution in [0.4, 0.5) is 0 Å². The molecule has 30 heavy (non-hydrogen) atoms. The molecule has 4 aliphatic rings. The van der Waals surface area contributed by atoms with Crippen LogP contribution in [0.15, 0.2) is 0 Å². The van der Waals surface area contributed by atoms with Crippen LogP contribution >= 0.6 is 0 Å². The molecule has 4 N–H and O–H groups in total. The Morgan fingerprint density at radius 1 is 1.20 bits per heavy atom. The first-order valence-corrected chi connectivity index (χ1v) is 11.9. The average Bonchev–Trinajstić information content (AvgIpc) is 3.03. The van der Waals surface area contributed by atoms with Crippen molar-refractivity contribution in [3.63, 3.8) is 0 Å². The summed E-state index contributed by atoms with van der Waals surface area (Å²) in [5.74, 6) is 0.307. The number of carbonyl (C=O) groups excluding carboxylic acids is 2. The molecule has 4 fully saturated rings. The van der Waals surface area contributed by atoms with E-state index in [1.54, 1.807) is 6.92 Å². The van der Waals surface area contributed by atoms with Gasteiger partial charge in [0.05, 0.1) is 12.0 Å². The van der Waals surface area contributed by atoms with Crippen LogP contribution in [0.5, 0.6) is 0 Å². The van der Waals surface area contributed by atoms with E-state index in [9.17, 15) is 19.8 Å². The molecular formula is C24H39NO5. The number of hydrogen-bond donors (Lipinski definition) is 3. The summed E-state index contributed by atoms with van der Waals surface area (Å²) >= 11 is 0. The number of rotatable bonds is 4. The van der Waals surface area contributed by atoms with Crippen molar-refractivity contribution in [3.05, 3.63) is 0 Å². The maximum atomic E-state index is 12.7. The molecule has 4 saturated carbocycles. The molecule has 0 aliphatic heterocycles. The predicted octanol–water partition coefficient (Wildman–Crippen LogP) is 2.29. The zero-order chi connectivity index (χ0) is 21.8. The van der Waals surface area contributed by atoms with Gasteiger partial charge in [0, 0.05) is 30.9 Å². The largest absolute Gasteiger partial charge is 0.462 e. The fraction of sp³-hybridized carbons (Fsp3) is 0.917. The summed E-state index contributed by atoms with van der Waals surface area (Å²) in [4.78, 5) is 24.9. The Labute approximate surface area is 179 Å². The first-order chi connectivity index (χ1) is 14.2. The first kappa shape index (κ1) is 22.2. The minimum Gasteiger partial charge on any atom is -0.462 e. The number of nitrogens with two attached hydrogens (primary N) is 1. The fourth-order valence-corrected chi connectivity index (χ4v) is 7.91. The molecule has 0 aromatic carbocycles. The van der Waals surface area contributed by atoms with Gasteiger partial charge in [-0.05, 0) is 67.6 Å². The minimum atomic E-state index is -0.606. The summed E-state index contributed by atoms with van der Waals surface area (Å²) < 4.78 is 5.77. The van der Waals surface area contributed by atoms with Crippen LogP contribution in [0.1, 0.15) is 65.7 Å². The van der Waals surface area contributed by atoms with Gasteiger partial charge in [-0.25, -0.2) is 0 Å². The molecule has 0 amide bonds. The second kappa shape index (κ2) is 7.86. The number of fused-ring (bicyclic) bond motifs is 5. The zero-order valence-corrected chi connectivity index (χ0v) is 18.7. The van der Waals surface area contributed by atoms with E-state index in [0.717, 1.165) is 32.1 Å². The van der Waals surface area contributed by atoms with Gasteiger partial charge in [0.2, 0.25) is 0 Å². The first-order valence-electron chi connectivity index (χ1n) is 11.9. The summed E-state index contributed by atoms with van der Waals surface area (Å²) in [7, 11) is 0. The van der Waals surface area contributed by atoms with Gasteiger partial charge in [-0.15, -0.1) is 0 Å². The van der Waals surface area contributed by atoms with Gasteiger partial charge in [-0.2, -0.15) is 0 Å². The van der Waals surface area contributed by atoms with Gasteiger partial charge >= 0.3 is 5.97 Å². The summed E-state index contributed by atoms with van der Waals surface area (Å²) in [6, 6.07) is 0. The third kappa shape index (κ3) is 3.17. The van der Waals surface area contributed by atoms with E-state index in [0.29, 0.717) is 24.5 Å². The molecule has 0 radical (unpaired) electrons. The van der Waals surface area contributed by atoms with E-state index in [1.165, 1.54) is 0 Å². The lowest BCUT2D eigenvalue weighted by molar-refractivity contribution is -0.209. The molecule has 4 aliphatic carbocycles. The highest BCUT2D eigenvalue weighted by atomic mass is 16.5. The van der Waals surface area contributed by atoms with Crippen molar-refractivity contribution in [2.75, 3.05) is 13.2 Å². The summed E-state index contributed by atoms with van der Waals surface area (Å²) in [5, 5.41) is 21.8. The van der Waals surface area contributed by atoms with E-state index in [4.69, 9.17) is 10.5 Å². The lowest BCUT2D eigenvalue weighted by Gasteiger charge is -2.63. The molecule has 6 heteroatoms. The van der Waals surface area contributed by atoms with Crippen molar-refractivity contribution < 1.29 is 24.5 Å². The molecule has 170 valence electrons. The Bertz CT molecular complexity index is 697. The highest BCUT2D eigenvalue weighted by Gasteiger charge is 2.65. The Morgan fingerprint density at radius 3 is 2.60 bits per heavy atom. The predicted molar refractivity (Wildman–Crippen MR) is 112 cm³/mol. The smallest absolute Gasteiger partial charge is 0.310 e. The van der Waals surface area contributed by atoms with Crippen molar-refractivity contribution in [3.8, 4) is 0 Å². The van der Waals surface area contributed by atoms with Crippen molar-refractivity contribution in [2.24, 2.45) is 52.1 Å². The molecule has 4 rings (SSSR count). The number of aliphatic hydroxyl groups is 2. The molecule has 0 aromatic heterocycles. The van der Waals surface area contributed by atoms with Crippen LogP contribution in [-0.4, -0.2) is 47.3 Å². The zero-order valence-electron chi connectivity index (χ0n) is 18.7. The van der Waals surface area contributed by atoms with Crippen LogP contribution in [0.2, 0.25) is 0 Å². The standard InChI is InChI=1S/C24H39NO5/c1-13(11-25)22(29)30-14-6-8-23(2)17-7-9-24(3)16(4-5-19(24)27)20(17)21(28)15(12-26)18(23)10-14/h13-18,20-21,26,28H,4-12,25H2,1-3H3/t13?,14-,15+,16-,17-,18?,20-,21+,23+,24-/m0/s1. The molecule has 0 aromatic rings. The molecule has 2 unspecified atom stereocenters. The normalized spacial score (nSPS) is 49.0. The van der Waals surface area contributed by atoms with E-state index < -0.39 is 6.10 Å². The van der Waals surface area contributed by atoms with Gasteiger partial charge in [0.25, 0.3) is 0 Å². The quantitative estimate of drug-likeness (QED) is 0.601. The van der Waals surface area contributed by atoms with Crippen molar-refractivity contribution in [1.82, 2.24) is 0 Å². The van der Waals surface area contributed by atoms with Crippen LogP contribution in [0, 0.1) is 46.3 Å². The summed E-state index contributed by atoms with van der Waals surface area (Å²) in [6.45, 7) is 6.41. The van der Waals surface area contributed by atoms with Crippen LogP contribution in [0.3, 0.4) is 0 Å². The number of aliphatic hydroxyl groups excluding tert-OH is 2. The maximum Gasteiger partial charge on any atom is 0.310 e. The molecular weight excluding hydrogens is 382 g/mol. The van der Waals surface area contributed by atoms with Crippen molar-refractivity contribution >= 4 is 11.8 Å². The molecule has 10 atom stereocenters. The topological polar surface area (TPSA) is 110 Å². The maximum absolute atomic E-state index is 12.7. The van der Waals surface area contributed by atoms with Gasteiger partial charge < -0.3 is 20.7 Å². The minimum absolute atomic E-state index is 0.00729. The number of hydrogen-bond acceptors (Lipinski definition) is 6. The molecule has 0 saturated heterocycles. The monoisotopic (exact) mass is 421 g/mol. The summed E-state index contributed by atoms with van der Waals surface area (Å²) in [5.41, 5.74) is 5.30.